The predicted molar refractivity (Wildman–Crippen MR) is 73.4 cm³/mol. The van der Waals surface area contributed by atoms with E-state index >= 15 is 0 Å². The zero-order chi connectivity index (χ0) is 14.4. The van der Waals surface area contributed by atoms with Crippen molar-refractivity contribution in [1.29, 1.82) is 0 Å². The maximum atomic E-state index is 11.5. The summed E-state index contributed by atoms with van der Waals surface area (Å²) in [6.45, 7) is 12.8. The van der Waals surface area contributed by atoms with Crippen molar-refractivity contribution in [3.8, 4) is 0 Å². The SMILES string of the molecule is CC(C)(C)CCCNC(=O)C(O)COC(C)(C)C. The van der Waals surface area contributed by atoms with Gasteiger partial charge in [0.05, 0.1) is 12.2 Å². The number of aliphatic hydroxyl groups is 1. The van der Waals surface area contributed by atoms with Crippen molar-refractivity contribution in [3.05, 3.63) is 0 Å². The molecule has 0 saturated carbocycles. The Kier molecular flexibility index (Phi) is 6.86. The van der Waals surface area contributed by atoms with Crippen molar-refractivity contribution >= 4 is 5.91 Å². The lowest BCUT2D eigenvalue weighted by Crippen LogP contribution is -2.39. The highest BCUT2D eigenvalue weighted by Crippen LogP contribution is 2.19. The third kappa shape index (κ3) is 10.5. The van der Waals surface area contributed by atoms with Crippen LogP contribution >= 0.6 is 0 Å². The van der Waals surface area contributed by atoms with Crippen LogP contribution in [0.5, 0.6) is 0 Å². The van der Waals surface area contributed by atoms with Crippen LogP contribution < -0.4 is 5.32 Å². The summed E-state index contributed by atoms with van der Waals surface area (Å²) in [5, 5.41) is 12.3. The summed E-state index contributed by atoms with van der Waals surface area (Å²) in [4.78, 5) is 11.5. The lowest BCUT2D eigenvalue weighted by molar-refractivity contribution is -0.135. The van der Waals surface area contributed by atoms with Gasteiger partial charge in [0.1, 0.15) is 0 Å². The molecular formula is C14H29NO3. The Labute approximate surface area is 111 Å². The molecule has 4 nitrogen and oxygen atoms in total. The lowest BCUT2D eigenvalue weighted by atomic mass is 9.91. The van der Waals surface area contributed by atoms with E-state index in [2.05, 4.69) is 26.1 Å². The highest BCUT2D eigenvalue weighted by Gasteiger charge is 2.19. The largest absolute Gasteiger partial charge is 0.381 e. The minimum Gasteiger partial charge on any atom is -0.381 e. The summed E-state index contributed by atoms with van der Waals surface area (Å²) >= 11 is 0. The monoisotopic (exact) mass is 259 g/mol. The molecule has 0 aliphatic rings. The van der Waals surface area contributed by atoms with Crippen LogP contribution in [0.1, 0.15) is 54.4 Å². The maximum Gasteiger partial charge on any atom is 0.251 e. The van der Waals surface area contributed by atoms with E-state index in [-0.39, 0.29) is 23.5 Å². The molecule has 0 heterocycles. The number of hydrogen-bond acceptors (Lipinski definition) is 3. The van der Waals surface area contributed by atoms with Crippen molar-refractivity contribution in [3.63, 3.8) is 0 Å². The van der Waals surface area contributed by atoms with Crippen molar-refractivity contribution in [2.75, 3.05) is 13.2 Å². The van der Waals surface area contributed by atoms with Gasteiger partial charge < -0.3 is 15.2 Å². The average molecular weight is 259 g/mol. The van der Waals surface area contributed by atoms with Crippen LogP contribution in [-0.2, 0) is 9.53 Å². The highest BCUT2D eigenvalue weighted by molar-refractivity contribution is 5.80. The van der Waals surface area contributed by atoms with E-state index in [4.69, 9.17) is 4.74 Å². The normalized spacial score (nSPS) is 14.4. The highest BCUT2D eigenvalue weighted by atomic mass is 16.5. The van der Waals surface area contributed by atoms with Gasteiger partial charge in [0.15, 0.2) is 6.10 Å². The molecule has 108 valence electrons. The van der Waals surface area contributed by atoms with Gasteiger partial charge >= 0.3 is 0 Å². The molecular weight excluding hydrogens is 230 g/mol. The molecule has 0 spiro atoms. The molecule has 0 aliphatic heterocycles. The van der Waals surface area contributed by atoms with Crippen LogP contribution in [-0.4, -0.2) is 35.9 Å². The van der Waals surface area contributed by atoms with Gasteiger partial charge in [-0.15, -0.1) is 0 Å². The van der Waals surface area contributed by atoms with Gasteiger partial charge in [-0.3, -0.25) is 4.79 Å². The Morgan fingerprint density at radius 3 is 2.22 bits per heavy atom. The van der Waals surface area contributed by atoms with Crippen LogP contribution in [0.2, 0.25) is 0 Å². The Hall–Kier alpha value is -0.610. The molecule has 0 aromatic heterocycles. The second-order valence-corrected chi connectivity index (χ2v) is 6.89. The number of aliphatic hydroxyl groups excluding tert-OH is 1. The van der Waals surface area contributed by atoms with Gasteiger partial charge in [-0.05, 0) is 39.0 Å². The van der Waals surface area contributed by atoms with Gasteiger partial charge in [0, 0.05) is 6.54 Å². The summed E-state index contributed by atoms with van der Waals surface area (Å²) in [7, 11) is 0. The predicted octanol–water partition coefficient (Wildman–Crippen LogP) is 2.10. The Morgan fingerprint density at radius 1 is 1.22 bits per heavy atom. The average Bonchev–Trinajstić information content (AvgIpc) is 2.18. The topological polar surface area (TPSA) is 58.6 Å². The fourth-order valence-corrected chi connectivity index (χ4v) is 1.35. The molecule has 0 aromatic rings. The third-order valence-electron chi connectivity index (χ3n) is 2.38. The van der Waals surface area contributed by atoms with Gasteiger partial charge in [-0.1, -0.05) is 20.8 Å². The molecule has 0 saturated heterocycles. The molecule has 2 N–H and O–H groups in total. The second kappa shape index (κ2) is 7.10. The summed E-state index contributed by atoms with van der Waals surface area (Å²) < 4.78 is 5.36. The summed E-state index contributed by atoms with van der Waals surface area (Å²) in [5.74, 6) is -0.354. The fraction of sp³-hybridized carbons (Fsp3) is 0.929. The maximum absolute atomic E-state index is 11.5. The molecule has 0 radical (unpaired) electrons. The molecule has 1 amide bonds. The Bertz CT molecular complexity index is 251. The van der Waals surface area contributed by atoms with Gasteiger partial charge in [-0.25, -0.2) is 0 Å². The van der Waals surface area contributed by atoms with Crippen LogP contribution in [0.25, 0.3) is 0 Å². The summed E-state index contributed by atoms with van der Waals surface area (Å²) in [6, 6.07) is 0. The lowest BCUT2D eigenvalue weighted by Gasteiger charge is -2.22. The molecule has 0 aromatic carbocycles. The van der Waals surface area contributed by atoms with E-state index in [0.29, 0.717) is 6.54 Å². The summed E-state index contributed by atoms with van der Waals surface area (Å²) in [5.41, 5.74) is -0.0633. The van der Waals surface area contributed by atoms with E-state index in [1.165, 1.54) is 0 Å². The fourth-order valence-electron chi connectivity index (χ4n) is 1.35. The van der Waals surface area contributed by atoms with Crippen LogP contribution in [0.15, 0.2) is 0 Å². The molecule has 4 heteroatoms. The number of carbonyl (C=O) groups excluding carboxylic acids is 1. The molecule has 0 rings (SSSR count). The van der Waals surface area contributed by atoms with Gasteiger partial charge in [-0.2, -0.15) is 0 Å². The van der Waals surface area contributed by atoms with E-state index < -0.39 is 6.10 Å². The van der Waals surface area contributed by atoms with Crippen molar-refractivity contribution < 1.29 is 14.6 Å². The zero-order valence-corrected chi connectivity index (χ0v) is 12.7. The van der Waals surface area contributed by atoms with E-state index in [0.717, 1.165) is 12.8 Å². The smallest absolute Gasteiger partial charge is 0.251 e. The number of carbonyl (C=O) groups is 1. The minimum absolute atomic E-state index is 0.0363. The minimum atomic E-state index is -1.08. The number of rotatable bonds is 6. The van der Waals surface area contributed by atoms with Crippen LogP contribution in [0.3, 0.4) is 0 Å². The van der Waals surface area contributed by atoms with E-state index in [1.807, 2.05) is 20.8 Å². The van der Waals surface area contributed by atoms with Gasteiger partial charge in [0.25, 0.3) is 5.91 Å². The standard InChI is InChI=1S/C14H29NO3/c1-13(2,3)8-7-9-15-12(17)11(16)10-18-14(4,5)6/h11,16H,7-10H2,1-6H3,(H,15,17). The Balaban J connectivity index is 3.75. The third-order valence-corrected chi connectivity index (χ3v) is 2.38. The van der Waals surface area contributed by atoms with Crippen molar-refractivity contribution in [2.24, 2.45) is 5.41 Å². The van der Waals surface area contributed by atoms with E-state index in [1.54, 1.807) is 0 Å². The number of amides is 1. The summed E-state index contributed by atoms with van der Waals surface area (Å²) in [6.07, 6.45) is 0.878. The number of hydrogen-bond donors (Lipinski definition) is 2. The quantitative estimate of drug-likeness (QED) is 0.718. The number of ether oxygens (including phenoxy) is 1. The molecule has 0 aliphatic carbocycles. The first-order valence-corrected chi connectivity index (χ1v) is 6.61. The molecule has 1 atom stereocenters. The first-order chi connectivity index (χ1) is 8.01. The van der Waals surface area contributed by atoms with Gasteiger partial charge in [0.2, 0.25) is 0 Å². The first-order valence-electron chi connectivity index (χ1n) is 6.61. The Morgan fingerprint density at radius 2 is 1.78 bits per heavy atom. The zero-order valence-electron chi connectivity index (χ0n) is 12.7. The molecule has 18 heavy (non-hydrogen) atoms. The van der Waals surface area contributed by atoms with Crippen LogP contribution in [0, 0.1) is 5.41 Å². The first kappa shape index (κ1) is 17.4. The van der Waals surface area contributed by atoms with Crippen molar-refractivity contribution in [2.45, 2.75) is 66.1 Å². The van der Waals surface area contributed by atoms with Crippen molar-refractivity contribution in [1.82, 2.24) is 5.32 Å². The second-order valence-electron chi connectivity index (χ2n) is 6.89. The molecule has 1 unspecified atom stereocenters. The molecule has 0 fully saturated rings. The molecule has 0 bridgehead atoms. The van der Waals surface area contributed by atoms with Crippen LogP contribution in [0.4, 0.5) is 0 Å². The van der Waals surface area contributed by atoms with E-state index in [9.17, 15) is 9.90 Å². The number of nitrogens with one attached hydrogen (secondary N) is 1.